The summed E-state index contributed by atoms with van der Waals surface area (Å²) in [6.45, 7) is 8.98. The minimum atomic E-state index is -0.473. The van der Waals surface area contributed by atoms with Crippen LogP contribution >= 0.6 is 0 Å². The van der Waals surface area contributed by atoms with Gasteiger partial charge in [-0.1, -0.05) is 37.4 Å². The predicted molar refractivity (Wildman–Crippen MR) is 119 cm³/mol. The van der Waals surface area contributed by atoms with Crippen molar-refractivity contribution in [3.8, 4) is 11.5 Å². The van der Waals surface area contributed by atoms with Gasteiger partial charge in [0, 0.05) is 22.9 Å². The van der Waals surface area contributed by atoms with Crippen molar-refractivity contribution >= 4 is 22.7 Å². The molecule has 0 radical (unpaired) electrons. The van der Waals surface area contributed by atoms with Gasteiger partial charge in [-0.25, -0.2) is 9.59 Å². The van der Waals surface area contributed by atoms with Crippen molar-refractivity contribution in [2.24, 2.45) is 0 Å². The Labute approximate surface area is 187 Å². The standard InChI is InChI=1S/C24H28O8/c1-3-23(25)31-17-13-27-11-15-29-21-9-10-22(20-8-6-5-7-19(20)21)30-16-12-28-14-18-32-24(26)4-2/h3-10H,1-2,11-18H2. The van der Waals surface area contributed by atoms with Crippen LogP contribution in [-0.2, 0) is 28.5 Å². The molecule has 2 aromatic rings. The normalized spacial score (nSPS) is 10.4. The molecule has 32 heavy (non-hydrogen) atoms. The van der Waals surface area contributed by atoms with Gasteiger partial charge >= 0.3 is 11.9 Å². The highest BCUT2D eigenvalue weighted by atomic mass is 16.6. The van der Waals surface area contributed by atoms with Crippen molar-refractivity contribution in [3.05, 3.63) is 61.7 Å². The van der Waals surface area contributed by atoms with E-state index in [-0.39, 0.29) is 26.4 Å². The summed E-state index contributed by atoms with van der Waals surface area (Å²) < 4.78 is 32.1. The molecular weight excluding hydrogens is 416 g/mol. The molecule has 2 rings (SSSR count). The number of carbonyl (C=O) groups is 2. The van der Waals surface area contributed by atoms with E-state index in [1.807, 2.05) is 36.4 Å². The minimum Gasteiger partial charge on any atom is -0.491 e. The molecule has 8 nitrogen and oxygen atoms in total. The van der Waals surface area contributed by atoms with Gasteiger partial charge in [-0.15, -0.1) is 0 Å². The van der Waals surface area contributed by atoms with Crippen LogP contribution in [0.1, 0.15) is 0 Å². The van der Waals surface area contributed by atoms with E-state index < -0.39 is 11.9 Å². The zero-order valence-electron chi connectivity index (χ0n) is 18.0. The summed E-state index contributed by atoms with van der Waals surface area (Å²) in [4.78, 5) is 21.9. The van der Waals surface area contributed by atoms with Crippen molar-refractivity contribution in [2.45, 2.75) is 0 Å². The molecule has 0 aliphatic heterocycles. The van der Waals surface area contributed by atoms with E-state index in [2.05, 4.69) is 13.2 Å². The number of ether oxygens (including phenoxy) is 6. The molecule has 0 amide bonds. The summed E-state index contributed by atoms with van der Waals surface area (Å²) in [5.74, 6) is 0.489. The first-order valence-electron chi connectivity index (χ1n) is 10.2. The van der Waals surface area contributed by atoms with E-state index in [0.717, 1.165) is 34.4 Å². The van der Waals surface area contributed by atoms with Gasteiger partial charge in [0.2, 0.25) is 0 Å². The van der Waals surface area contributed by atoms with E-state index in [1.54, 1.807) is 0 Å². The third-order valence-corrected chi connectivity index (χ3v) is 4.09. The number of rotatable bonds is 16. The first-order valence-corrected chi connectivity index (χ1v) is 10.2. The Morgan fingerprint density at radius 3 is 1.44 bits per heavy atom. The third-order valence-electron chi connectivity index (χ3n) is 4.09. The second-order valence-electron chi connectivity index (χ2n) is 6.27. The van der Waals surface area contributed by atoms with Gasteiger partial charge in [0.15, 0.2) is 0 Å². The van der Waals surface area contributed by atoms with Crippen LogP contribution in [0.25, 0.3) is 10.8 Å². The van der Waals surface area contributed by atoms with Crippen LogP contribution in [0, 0.1) is 0 Å². The molecule has 0 saturated heterocycles. The van der Waals surface area contributed by atoms with Crippen LogP contribution in [0.15, 0.2) is 61.7 Å². The van der Waals surface area contributed by atoms with Gasteiger partial charge in [-0.05, 0) is 12.1 Å². The molecule has 0 spiro atoms. The fourth-order valence-electron chi connectivity index (χ4n) is 2.64. The van der Waals surface area contributed by atoms with Crippen molar-refractivity contribution in [2.75, 3.05) is 52.9 Å². The number of hydrogen-bond acceptors (Lipinski definition) is 8. The van der Waals surface area contributed by atoms with E-state index in [4.69, 9.17) is 28.4 Å². The Morgan fingerprint density at radius 2 is 1.03 bits per heavy atom. The van der Waals surface area contributed by atoms with Crippen LogP contribution in [0.2, 0.25) is 0 Å². The van der Waals surface area contributed by atoms with Crippen LogP contribution in [0.3, 0.4) is 0 Å². The van der Waals surface area contributed by atoms with Crippen LogP contribution in [-0.4, -0.2) is 64.8 Å². The molecule has 0 fully saturated rings. The molecule has 172 valence electrons. The summed E-state index contributed by atoms with van der Waals surface area (Å²) in [7, 11) is 0. The largest absolute Gasteiger partial charge is 0.491 e. The van der Waals surface area contributed by atoms with Gasteiger partial charge < -0.3 is 28.4 Å². The number of hydrogen-bond donors (Lipinski definition) is 0. The van der Waals surface area contributed by atoms with Crippen LogP contribution in [0.4, 0.5) is 0 Å². The summed E-state index contributed by atoms with van der Waals surface area (Å²) in [5, 5.41) is 1.84. The maximum absolute atomic E-state index is 10.9. The quantitative estimate of drug-likeness (QED) is 0.222. The van der Waals surface area contributed by atoms with Crippen molar-refractivity contribution in [1.29, 1.82) is 0 Å². The lowest BCUT2D eigenvalue weighted by Crippen LogP contribution is -2.13. The van der Waals surface area contributed by atoms with E-state index in [9.17, 15) is 9.59 Å². The Balaban J connectivity index is 1.75. The molecule has 0 atom stereocenters. The fraction of sp³-hybridized carbons (Fsp3) is 0.333. The average Bonchev–Trinajstić information content (AvgIpc) is 2.83. The van der Waals surface area contributed by atoms with Gasteiger partial charge in [0.25, 0.3) is 0 Å². The van der Waals surface area contributed by atoms with Crippen molar-refractivity contribution in [3.63, 3.8) is 0 Å². The first-order chi connectivity index (χ1) is 15.7. The summed E-state index contributed by atoms with van der Waals surface area (Å²) in [5.41, 5.74) is 0. The summed E-state index contributed by atoms with van der Waals surface area (Å²) >= 11 is 0. The highest BCUT2D eigenvalue weighted by Gasteiger charge is 2.08. The molecule has 0 aromatic heterocycles. The predicted octanol–water partition coefficient (Wildman–Crippen LogP) is 3.09. The van der Waals surface area contributed by atoms with Gasteiger partial charge in [0.1, 0.15) is 37.9 Å². The van der Waals surface area contributed by atoms with Crippen molar-refractivity contribution in [1.82, 2.24) is 0 Å². The molecule has 0 saturated carbocycles. The lowest BCUT2D eigenvalue weighted by atomic mass is 10.1. The number of esters is 2. The van der Waals surface area contributed by atoms with Crippen LogP contribution < -0.4 is 9.47 Å². The molecule has 0 unspecified atom stereocenters. The molecule has 0 aliphatic carbocycles. The number of carbonyl (C=O) groups excluding carboxylic acids is 2. The second-order valence-corrected chi connectivity index (χ2v) is 6.27. The molecule has 8 heteroatoms. The lowest BCUT2D eigenvalue weighted by Gasteiger charge is -2.14. The maximum Gasteiger partial charge on any atom is 0.330 e. The smallest absolute Gasteiger partial charge is 0.330 e. The maximum atomic E-state index is 10.9. The molecule has 0 aliphatic rings. The van der Waals surface area contributed by atoms with Crippen LogP contribution in [0.5, 0.6) is 11.5 Å². The summed E-state index contributed by atoms with van der Waals surface area (Å²) in [6, 6.07) is 11.5. The highest BCUT2D eigenvalue weighted by Crippen LogP contribution is 2.33. The first kappa shape index (κ1) is 24.9. The van der Waals surface area contributed by atoms with Gasteiger partial charge in [-0.3, -0.25) is 0 Å². The Bertz CT molecular complexity index is 820. The molecule has 0 heterocycles. The van der Waals surface area contributed by atoms with E-state index in [0.29, 0.717) is 26.4 Å². The lowest BCUT2D eigenvalue weighted by molar-refractivity contribution is -0.140. The third kappa shape index (κ3) is 8.79. The molecule has 0 bridgehead atoms. The molecule has 2 aromatic carbocycles. The molecular formula is C24H28O8. The molecule has 0 N–H and O–H groups in total. The van der Waals surface area contributed by atoms with E-state index in [1.165, 1.54) is 0 Å². The number of benzene rings is 2. The minimum absolute atomic E-state index is 0.170. The van der Waals surface area contributed by atoms with Crippen molar-refractivity contribution < 1.29 is 38.0 Å². The monoisotopic (exact) mass is 444 g/mol. The van der Waals surface area contributed by atoms with Gasteiger partial charge in [0.05, 0.1) is 26.4 Å². The highest BCUT2D eigenvalue weighted by molar-refractivity contribution is 5.93. The zero-order chi connectivity index (χ0) is 23.0. The Hall–Kier alpha value is -3.36. The zero-order valence-corrected chi connectivity index (χ0v) is 18.0. The fourth-order valence-corrected chi connectivity index (χ4v) is 2.64. The van der Waals surface area contributed by atoms with E-state index >= 15 is 0 Å². The van der Waals surface area contributed by atoms with Gasteiger partial charge in [-0.2, -0.15) is 0 Å². The average molecular weight is 444 g/mol. The topological polar surface area (TPSA) is 89.5 Å². The Morgan fingerprint density at radius 1 is 0.625 bits per heavy atom. The Kier molecular flexibility index (Phi) is 11.4. The second kappa shape index (κ2) is 14.6. The summed E-state index contributed by atoms with van der Waals surface area (Å²) in [6.07, 6.45) is 2.22. The SMILES string of the molecule is C=CC(=O)OCCOCCOc1ccc(OCCOCCOC(=O)C=C)c2ccccc12. The number of fused-ring (bicyclic) bond motifs is 1.